The average Bonchev–Trinajstić information content (AvgIpc) is 2.16. The highest BCUT2D eigenvalue weighted by Gasteiger charge is 2.19. The molecule has 90 valence electrons. The van der Waals surface area contributed by atoms with Crippen LogP contribution in [-0.4, -0.2) is 17.6 Å². The molecule has 0 aromatic heterocycles. The molecule has 0 aliphatic rings. The number of aliphatic carboxylic acids is 1. The summed E-state index contributed by atoms with van der Waals surface area (Å²) in [4.78, 5) is 11.0. The van der Waals surface area contributed by atoms with Crippen LogP contribution in [0, 0.1) is 11.8 Å². The summed E-state index contributed by atoms with van der Waals surface area (Å²) >= 11 is 0. The molecule has 0 saturated carbocycles. The van der Waals surface area contributed by atoms with Crippen molar-refractivity contribution < 1.29 is 9.90 Å². The molecule has 0 spiro atoms. The second-order valence-corrected chi connectivity index (χ2v) is 4.45. The lowest BCUT2D eigenvalue weighted by Gasteiger charge is -2.16. The monoisotopic (exact) mass is 215 g/mol. The molecular formula is C12H25NO2. The number of carboxylic acids is 1. The van der Waals surface area contributed by atoms with Gasteiger partial charge in [0, 0.05) is 0 Å². The summed E-state index contributed by atoms with van der Waals surface area (Å²) in [5.41, 5.74) is 5.39. The van der Waals surface area contributed by atoms with E-state index in [2.05, 4.69) is 13.8 Å². The van der Waals surface area contributed by atoms with Crippen LogP contribution in [0.5, 0.6) is 0 Å². The van der Waals surface area contributed by atoms with Gasteiger partial charge in [-0.2, -0.15) is 0 Å². The molecule has 0 aliphatic carbocycles. The Balaban J connectivity index is 3.87. The van der Waals surface area contributed by atoms with Gasteiger partial charge >= 0.3 is 5.97 Å². The third-order valence-electron chi connectivity index (χ3n) is 2.82. The SMILES string of the molecule is CCCC(C)CC(CCCCN)C(=O)O. The lowest BCUT2D eigenvalue weighted by molar-refractivity contribution is -0.142. The first-order chi connectivity index (χ1) is 7.11. The van der Waals surface area contributed by atoms with Crippen molar-refractivity contribution in [1.29, 1.82) is 0 Å². The van der Waals surface area contributed by atoms with Crippen LogP contribution in [0.2, 0.25) is 0 Å². The van der Waals surface area contributed by atoms with Crippen molar-refractivity contribution in [1.82, 2.24) is 0 Å². The van der Waals surface area contributed by atoms with Crippen LogP contribution in [0.25, 0.3) is 0 Å². The van der Waals surface area contributed by atoms with Crippen molar-refractivity contribution >= 4 is 5.97 Å². The minimum absolute atomic E-state index is 0.168. The summed E-state index contributed by atoms with van der Waals surface area (Å²) in [6.45, 7) is 4.94. The summed E-state index contributed by atoms with van der Waals surface area (Å²) in [5, 5.41) is 9.06. The van der Waals surface area contributed by atoms with Crippen molar-refractivity contribution in [2.24, 2.45) is 17.6 Å². The highest BCUT2D eigenvalue weighted by molar-refractivity contribution is 5.69. The van der Waals surface area contributed by atoms with Crippen LogP contribution in [-0.2, 0) is 4.79 Å². The van der Waals surface area contributed by atoms with Crippen LogP contribution in [0.4, 0.5) is 0 Å². The predicted octanol–water partition coefficient (Wildman–Crippen LogP) is 2.64. The first-order valence-electron chi connectivity index (χ1n) is 6.04. The van der Waals surface area contributed by atoms with Gasteiger partial charge in [0.15, 0.2) is 0 Å². The van der Waals surface area contributed by atoms with E-state index in [0.29, 0.717) is 12.5 Å². The van der Waals surface area contributed by atoms with E-state index in [4.69, 9.17) is 10.8 Å². The third kappa shape index (κ3) is 7.37. The molecule has 3 heteroatoms. The number of unbranched alkanes of at least 4 members (excludes halogenated alkanes) is 1. The first-order valence-corrected chi connectivity index (χ1v) is 6.04. The quantitative estimate of drug-likeness (QED) is 0.581. The fourth-order valence-corrected chi connectivity index (χ4v) is 1.97. The fraction of sp³-hybridized carbons (Fsp3) is 0.917. The molecule has 3 nitrogen and oxygen atoms in total. The minimum Gasteiger partial charge on any atom is -0.481 e. The summed E-state index contributed by atoms with van der Waals surface area (Å²) in [7, 11) is 0. The molecule has 0 radical (unpaired) electrons. The molecule has 15 heavy (non-hydrogen) atoms. The Morgan fingerprint density at radius 2 is 2.00 bits per heavy atom. The Morgan fingerprint density at radius 1 is 1.33 bits per heavy atom. The molecule has 0 aromatic carbocycles. The van der Waals surface area contributed by atoms with Crippen molar-refractivity contribution in [3.63, 3.8) is 0 Å². The van der Waals surface area contributed by atoms with Gasteiger partial charge in [-0.05, 0) is 31.7 Å². The molecule has 0 aromatic rings. The molecule has 2 atom stereocenters. The predicted molar refractivity (Wildman–Crippen MR) is 62.7 cm³/mol. The zero-order valence-electron chi connectivity index (χ0n) is 10.0. The molecule has 3 N–H and O–H groups in total. The number of carboxylic acid groups (broad SMARTS) is 1. The molecule has 2 unspecified atom stereocenters. The van der Waals surface area contributed by atoms with Gasteiger partial charge in [-0.3, -0.25) is 4.79 Å². The van der Waals surface area contributed by atoms with Crippen molar-refractivity contribution in [3.05, 3.63) is 0 Å². The number of carbonyl (C=O) groups is 1. The maximum Gasteiger partial charge on any atom is 0.306 e. The Labute approximate surface area is 93.0 Å². The minimum atomic E-state index is -0.644. The number of hydrogen-bond acceptors (Lipinski definition) is 2. The number of rotatable bonds is 9. The Kier molecular flexibility index (Phi) is 8.38. The van der Waals surface area contributed by atoms with E-state index in [-0.39, 0.29) is 5.92 Å². The second-order valence-electron chi connectivity index (χ2n) is 4.45. The lowest BCUT2D eigenvalue weighted by atomic mass is 9.89. The van der Waals surface area contributed by atoms with Gasteiger partial charge in [0.25, 0.3) is 0 Å². The molecule has 0 heterocycles. The third-order valence-corrected chi connectivity index (χ3v) is 2.82. The molecule has 0 amide bonds. The van der Waals surface area contributed by atoms with Gasteiger partial charge in [0.1, 0.15) is 0 Å². The average molecular weight is 215 g/mol. The summed E-state index contributed by atoms with van der Waals surface area (Å²) in [6, 6.07) is 0. The van der Waals surface area contributed by atoms with Crippen LogP contribution in [0.3, 0.4) is 0 Å². The van der Waals surface area contributed by atoms with E-state index in [0.717, 1.165) is 38.5 Å². The highest BCUT2D eigenvalue weighted by atomic mass is 16.4. The van der Waals surface area contributed by atoms with E-state index in [9.17, 15) is 4.79 Å². The van der Waals surface area contributed by atoms with E-state index < -0.39 is 5.97 Å². The van der Waals surface area contributed by atoms with Crippen LogP contribution < -0.4 is 5.73 Å². The number of hydrogen-bond donors (Lipinski definition) is 2. The normalized spacial score (nSPS) is 14.9. The van der Waals surface area contributed by atoms with E-state index in [1.165, 1.54) is 0 Å². The summed E-state index contributed by atoms with van der Waals surface area (Å²) < 4.78 is 0. The second kappa shape index (κ2) is 8.72. The first kappa shape index (κ1) is 14.4. The Morgan fingerprint density at radius 3 is 2.47 bits per heavy atom. The Bertz CT molecular complexity index is 171. The topological polar surface area (TPSA) is 63.3 Å². The zero-order valence-corrected chi connectivity index (χ0v) is 10.0. The fourth-order valence-electron chi connectivity index (χ4n) is 1.97. The van der Waals surface area contributed by atoms with E-state index in [1.54, 1.807) is 0 Å². The van der Waals surface area contributed by atoms with E-state index >= 15 is 0 Å². The smallest absolute Gasteiger partial charge is 0.306 e. The highest BCUT2D eigenvalue weighted by Crippen LogP contribution is 2.21. The van der Waals surface area contributed by atoms with Gasteiger partial charge in [0.2, 0.25) is 0 Å². The van der Waals surface area contributed by atoms with Gasteiger partial charge in [-0.25, -0.2) is 0 Å². The Hall–Kier alpha value is -0.570. The van der Waals surface area contributed by atoms with Gasteiger partial charge in [-0.15, -0.1) is 0 Å². The largest absolute Gasteiger partial charge is 0.481 e. The lowest BCUT2D eigenvalue weighted by Crippen LogP contribution is -2.17. The molecule has 0 aliphatic heterocycles. The molecule has 0 fully saturated rings. The van der Waals surface area contributed by atoms with Crippen molar-refractivity contribution in [2.75, 3.05) is 6.54 Å². The van der Waals surface area contributed by atoms with Crippen molar-refractivity contribution in [2.45, 2.75) is 52.4 Å². The van der Waals surface area contributed by atoms with Gasteiger partial charge < -0.3 is 10.8 Å². The standard InChI is InChI=1S/C12H25NO2/c1-3-6-10(2)9-11(12(14)15)7-4-5-8-13/h10-11H,3-9,13H2,1-2H3,(H,14,15). The molecule has 0 saturated heterocycles. The van der Waals surface area contributed by atoms with Gasteiger partial charge in [-0.1, -0.05) is 33.1 Å². The molecular weight excluding hydrogens is 190 g/mol. The summed E-state index contributed by atoms with van der Waals surface area (Å²) in [6.07, 6.45) is 5.73. The maximum absolute atomic E-state index is 11.0. The zero-order chi connectivity index (χ0) is 11.7. The molecule has 0 bridgehead atoms. The number of nitrogens with two attached hydrogens (primary N) is 1. The summed E-state index contributed by atoms with van der Waals surface area (Å²) in [5.74, 6) is -0.290. The van der Waals surface area contributed by atoms with Crippen LogP contribution in [0.15, 0.2) is 0 Å². The van der Waals surface area contributed by atoms with Crippen molar-refractivity contribution in [3.8, 4) is 0 Å². The van der Waals surface area contributed by atoms with E-state index in [1.807, 2.05) is 0 Å². The van der Waals surface area contributed by atoms with Crippen LogP contribution in [0.1, 0.15) is 52.4 Å². The van der Waals surface area contributed by atoms with Crippen LogP contribution >= 0.6 is 0 Å². The maximum atomic E-state index is 11.0. The van der Waals surface area contributed by atoms with Gasteiger partial charge in [0.05, 0.1) is 5.92 Å². The molecule has 0 rings (SSSR count).